The molecule has 1 aliphatic carbocycles. The van der Waals surface area contributed by atoms with Crippen LogP contribution < -0.4 is 0 Å². The lowest BCUT2D eigenvalue weighted by molar-refractivity contribution is 0.545. The lowest BCUT2D eigenvalue weighted by atomic mass is 9.87. The molecule has 0 atom stereocenters. The summed E-state index contributed by atoms with van der Waals surface area (Å²) in [5.74, 6) is 0. The zero-order chi connectivity index (χ0) is 12.4. The second kappa shape index (κ2) is 4.36. The Hall–Kier alpha value is -1.18. The fraction of sp³-hybridized carbons (Fsp3) is 0.400. The van der Waals surface area contributed by atoms with Gasteiger partial charge in [0.2, 0.25) is 12.2 Å². The Morgan fingerprint density at radius 2 is 1.50 bits per heavy atom. The number of aliphatic imine (C=N–C) groups is 2. The van der Waals surface area contributed by atoms with Crippen LogP contribution in [-0.4, -0.2) is 23.2 Å². The molecule has 0 aromatic rings. The van der Waals surface area contributed by atoms with E-state index in [9.17, 15) is 9.59 Å². The molecule has 0 saturated carbocycles. The second-order valence-electron chi connectivity index (χ2n) is 3.69. The first kappa shape index (κ1) is 12.9. The minimum atomic E-state index is -1.14. The van der Waals surface area contributed by atoms with Gasteiger partial charge in [-0.2, -0.15) is 9.98 Å². The quantitative estimate of drug-likeness (QED) is 0.564. The molecule has 0 aliphatic heterocycles. The summed E-state index contributed by atoms with van der Waals surface area (Å²) in [5.41, 5.74) is -2.09. The molecular formula is C10H8Cl2N2O2. The molecule has 1 aliphatic rings. The molecule has 4 nitrogen and oxygen atoms in total. The van der Waals surface area contributed by atoms with Gasteiger partial charge in [0.15, 0.2) is 0 Å². The van der Waals surface area contributed by atoms with E-state index in [1.165, 1.54) is 24.3 Å². The van der Waals surface area contributed by atoms with E-state index >= 15 is 0 Å². The maximum atomic E-state index is 10.3. The molecule has 0 bridgehead atoms. The molecular weight excluding hydrogens is 251 g/mol. The van der Waals surface area contributed by atoms with Gasteiger partial charge in [0, 0.05) is 0 Å². The molecule has 0 amide bonds. The van der Waals surface area contributed by atoms with Crippen LogP contribution >= 0.6 is 23.2 Å². The topological polar surface area (TPSA) is 58.9 Å². The Labute approximate surface area is 102 Å². The van der Waals surface area contributed by atoms with E-state index in [0.29, 0.717) is 0 Å². The van der Waals surface area contributed by atoms with Crippen molar-refractivity contribution in [3.8, 4) is 0 Å². The standard InChI is InChI=1S/C10H8Cl2N2O2/c1-9(13-5-15)3-7(11)10(2,14-6-16)8(12)4-9/h3-4H,1-2H3. The van der Waals surface area contributed by atoms with Crippen molar-refractivity contribution in [3.05, 3.63) is 22.2 Å². The lowest BCUT2D eigenvalue weighted by Gasteiger charge is -2.31. The number of hydrogen-bond acceptors (Lipinski definition) is 4. The van der Waals surface area contributed by atoms with E-state index in [1.807, 2.05) is 0 Å². The zero-order valence-electron chi connectivity index (χ0n) is 8.62. The van der Waals surface area contributed by atoms with Gasteiger partial charge < -0.3 is 0 Å². The van der Waals surface area contributed by atoms with E-state index in [2.05, 4.69) is 9.98 Å². The average molecular weight is 259 g/mol. The van der Waals surface area contributed by atoms with Crippen LogP contribution in [-0.2, 0) is 9.59 Å². The van der Waals surface area contributed by atoms with Crippen LogP contribution in [0.4, 0.5) is 0 Å². The molecule has 0 aromatic carbocycles. The monoisotopic (exact) mass is 258 g/mol. The third-order valence-corrected chi connectivity index (χ3v) is 3.28. The van der Waals surface area contributed by atoms with Gasteiger partial charge in [0.1, 0.15) is 11.1 Å². The maximum absolute atomic E-state index is 10.3. The molecule has 0 aromatic heterocycles. The van der Waals surface area contributed by atoms with Gasteiger partial charge in [-0.15, -0.1) is 0 Å². The van der Waals surface area contributed by atoms with Crippen LogP contribution in [0.3, 0.4) is 0 Å². The number of carbonyl (C=O) groups excluding carboxylic acids is 2. The van der Waals surface area contributed by atoms with Crippen LogP contribution in [0.2, 0.25) is 0 Å². The van der Waals surface area contributed by atoms with E-state index in [0.717, 1.165) is 0 Å². The molecule has 0 fully saturated rings. The van der Waals surface area contributed by atoms with Crippen molar-refractivity contribution in [2.75, 3.05) is 0 Å². The Kier molecular flexibility index (Phi) is 3.51. The summed E-state index contributed by atoms with van der Waals surface area (Å²) in [7, 11) is 0. The fourth-order valence-corrected chi connectivity index (χ4v) is 2.09. The minimum absolute atomic E-state index is 0.213. The second-order valence-corrected chi connectivity index (χ2v) is 4.50. The van der Waals surface area contributed by atoms with Crippen LogP contribution in [0.5, 0.6) is 0 Å². The first-order chi connectivity index (χ1) is 7.38. The van der Waals surface area contributed by atoms with Crippen molar-refractivity contribution < 1.29 is 9.59 Å². The van der Waals surface area contributed by atoms with Crippen LogP contribution in [0, 0.1) is 0 Å². The summed E-state index contributed by atoms with van der Waals surface area (Å²) >= 11 is 12.0. The summed E-state index contributed by atoms with van der Waals surface area (Å²) in [6, 6.07) is 0. The van der Waals surface area contributed by atoms with Gasteiger partial charge >= 0.3 is 0 Å². The molecule has 84 valence electrons. The predicted molar refractivity (Wildman–Crippen MR) is 60.9 cm³/mol. The molecule has 6 heteroatoms. The van der Waals surface area contributed by atoms with Crippen molar-refractivity contribution in [1.82, 2.24) is 0 Å². The molecule has 0 radical (unpaired) electrons. The largest absolute Gasteiger partial charge is 0.236 e. The van der Waals surface area contributed by atoms with Crippen LogP contribution in [0.1, 0.15) is 13.8 Å². The summed E-state index contributed by atoms with van der Waals surface area (Å²) < 4.78 is 0. The number of halogens is 2. The Balaban J connectivity index is 3.35. The Morgan fingerprint density at radius 3 is 1.88 bits per heavy atom. The van der Waals surface area contributed by atoms with Gasteiger partial charge in [-0.25, -0.2) is 9.59 Å². The SMILES string of the molecule is CC1(N=C=O)C=C(Cl)C(C)(N=C=O)C(Cl)=C1. The first-order valence-corrected chi connectivity index (χ1v) is 5.09. The Bertz CT molecular complexity index is 449. The van der Waals surface area contributed by atoms with E-state index in [1.54, 1.807) is 13.8 Å². The van der Waals surface area contributed by atoms with Crippen molar-refractivity contribution in [3.63, 3.8) is 0 Å². The van der Waals surface area contributed by atoms with Crippen molar-refractivity contribution >= 4 is 35.4 Å². The smallest absolute Gasteiger partial charge is 0.211 e. The van der Waals surface area contributed by atoms with Crippen molar-refractivity contribution in [2.24, 2.45) is 9.98 Å². The van der Waals surface area contributed by atoms with E-state index in [4.69, 9.17) is 23.2 Å². The average Bonchev–Trinajstić information content (AvgIpc) is 2.15. The summed E-state index contributed by atoms with van der Waals surface area (Å²) in [4.78, 5) is 27.7. The van der Waals surface area contributed by atoms with Gasteiger partial charge in [0.05, 0.1) is 10.1 Å². The third-order valence-electron chi connectivity index (χ3n) is 2.32. The Morgan fingerprint density at radius 1 is 1.06 bits per heavy atom. The summed E-state index contributed by atoms with van der Waals surface area (Å²) in [6.07, 6.45) is 5.84. The molecule has 0 spiro atoms. The number of isocyanates is 2. The van der Waals surface area contributed by atoms with Gasteiger partial charge in [-0.3, -0.25) is 0 Å². The third kappa shape index (κ3) is 2.16. The maximum Gasteiger partial charge on any atom is 0.236 e. The number of rotatable bonds is 2. The van der Waals surface area contributed by atoms with Crippen molar-refractivity contribution in [2.45, 2.75) is 24.9 Å². The molecule has 0 N–H and O–H groups in total. The summed E-state index contributed by atoms with van der Waals surface area (Å²) in [5, 5.41) is 0.426. The number of nitrogens with zero attached hydrogens (tertiary/aromatic N) is 2. The van der Waals surface area contributed by atoms with Gasteiger partial charge in [-0.1, -0.05) is 23.2 Å². The minimum Gasteiger partial charge on any atom is -0.211 e. The highest BCUT2D eigenvalue weighted by molar-refractivity contribution is 6.36. The molecule has 1 rings (SSSR count). The van der Waals surface area contributed by atoms with E-state index < -0.39 is 11.1 Å². The molecule has 0 heterocycles. The van der Waals surface area contributed by atoms with Gasteiger partial charge in [0.25, 0.3) is 0 Å². The molecule has 0 saturated heterocycles. The lowest BCUT2D eigenvalue weighted by Crippen LogP contribution is -2.32. The molecule has 16 heavy (non-hydrogen) atoms. The zero-order valence-corrected chi connectivity index (χ0v) is 10.1. The summed E-state index contributed by atoms with van der Waals surface area (Å²) in [6.45, 7) is 3.20. The van der Waals surface area contributed by atoms with Crippen LogP contribution in [0.15, 0.2) is 32.2 Å². The first-order valence-electron chi connectivity index (χ1n) is 4.34. The highest BCUT2D eigenvalue weighted by atomic mass is 35.5. The normalized spacial score (nSPS) is 33.0. The van der Waals surface area contributed by atoms with Gasteiger partial charge in [-0.05, 0) is 26.0 Å². The molecule has 0 unspecified atom stereocenters. The van der Waals surface area contributed by atoms with Crippen molar-refractivity contribution in [1.29, 1.82) is 0 Å². The predicted octanol–water partition coefficient (Wildman–Crippen LogP) is 2.43. The highest BCUT2D eigenvalue weighted by Crippen LogP contribution is 2.41. The highest BCUT2D eigenvalue weighted by Gasteiger charge is 2.39. The fourth-order valence-electron chi connectivity index (χ4n) is 1.31. The van der Waals surface area contributed by atoms with Crippen LogP contribution in [0.25, 0.3) is 0 Å². The number of hydrogen-bond donors (Lipinski definition) is 0. The van der Waals surface area contributed by atoms with E-state index in [-0.39, 0.29) is 10.1 Å².